The molecule has 0 unspecified atom stereocenters. The molecule has 0 atom stereocenters. The SMILES string of the molecule is Cc1cc(C#Cc2ccccc2)ccc1SNCc1ccnc2ccccc12. The molecule has 3 aromatic carbocycles. The molecule has 0 saturated carbocycles. The monoisotopic (exact) mass is 380 g/mol. The van der Waals surface area contributed by atoms with Crippen LogP contribution in [0.5, 0.6) is 0 Å². The Bertz CT molecular complexity index is 1150. The molecule has 3 heteroatoms. The number of rotatable bonds is 4. The van der Waals surface area contributed by atoms with Crippen LogP contribution in [0, 0.1) is 18.8 Å². The van der Waals surface area contributed by atoms with Gasteiger partial charge in [-0.2, -0.15) is 0 Å². The highest BCUT2D eigenvalue weighted by Gasteiger charge is 2.03. The highest BCUT2D eigenvalue weighted by molar-refractivity contribution is 7.97. The molecule has 0 spiro atoms. The third-order valence-corrected chi connectivity index (χ3v) is 5.45. The van der Waals surface area contributed by atoms with Crippen LogP contribution < -0.4 is 4.72 Å². The van der Waals surface area contributed by atoms with Crippen LogP contribution in [-0.2, 0) is 6.54 Å². The van der Waals surface area contributed by atoms with Crippen molar-refractivity contribution in [1.29, 1.82) is 0 Å². The third kappa shape index (κ3) is 4.43. The lowest BCUT2D eigenvalue weighted by molar-refractivity contribution is 0.981. The van der Waals surface area contributed by atoms with Crippen molar-refractivity contribution in [2.75, 3.05) is 0 Å². The van der Waals surface area contributed by atoms with Gasteiger partial charge in [-0.25, -0.2) is 0 Å². The lowest BCUT2D eigenvalue weighted by atomic mass is 10.1. The van der Waals surface area contributed by atoms with Crippen molar-refractivity contribution in [1.82, 2.24) is 9.71 Å². The van der Waals surface area contributed by atoms with Crippen molar-refractivity contribution in [3.05, 3.63) is 107 Å². The Morgan fingerprint density at radius 2 is 1.64 bits per heavy atom. The molecule has 0 amide bonds. The topological polar surface area (TPSA) is 24.9 Å². The molecule has 1 N–H and O–H groups in total. The smallest absolute Gasteiger partial charge is 0.0705 e. The summed E-state index contributed by atoms with van der Waals surface area (Å²) in [7, 11) is 0. The molecule has 1 aromatic heterocycles. The Kier molecular flexibility index (Phi) is 5.72. The molecular formula is C25H20N2S. The Hall–Kier alpha value is -3.06. The number of pyridine rings is 1. The zero-order chi connectivity index (χ0) is 19.2. The van der Waals surface area contributed by atoms with Gasteiger partial charge >= 0.3 is 0 Å². The van der Waals surface area contributed by atoms with Gasteiger partial charge in [0.2, 0.25) is 0 Å². The van der Waals surface area contributed by atoms with Crippen LogP contribution in [0.25, 0.3) is 10.9 Å². The lowest BCUT2D eigenvalue weighted by Crippen LogP contribution is -2.04. The second-order valence-corrected chi connectivity index (χ2v) is 7.44. The number of aromatic nitrogens is 1. The van der Waals surface area contributed by atoms with E-state index < -0.39 is 0 Å². The van der Waals surface area contributed by atoms with Gasteiger partial charge in [-0.1, -0.05) is 48.2 Å². The van der Waals surface area contributed by atoms with Crippen LogP contribution in [0.3, 0.4) is 0 Å². The van der Waals surface area contributed by atoms with Gasteiger partial charge in [0.05, 0.1) is 5.52 Å². The fourth-order valence-corrected chi connectivity index (χ4v) is 3.75. The van der Waals surface area contributed by atoms with Crippen LogP contribution in [0.2, 0.25) is 0 Å². The maximum atomic E-state index is 4.42. The number of benzene rings is 3. The van der Waals surface area contributed by atoms with Crippen molar-refractivity contribution in [3.8, 4) is 11.8 Å². The molecular weight excluding hydrogens is 360 g/mol. The summed E-state index contributed by atoms with van der Waals surface area (Å²) in [4.78, 5) is 5.64. The van der Waals surface area contributed by atoms with E-state index in [0.29, 0.717) is 0 Å². The molecule has 4 aromatic rings. The molecule has 0 aliphatic heterocycles. The maximum Gasteiger partial charge on any atom is 0.0705 e. The predicted octanol–water partition coefficient (Wildman–Crippen LogP) is 5.74. The summed E-state index contributed by atoms with van der Waals surface area (Å²) in [6.45, 7) is 2.91. The maximum absolute atomic E-state index is 4.42. The van der Waals surface area contributed by atoms with E-state index in [2.05, 4.69) is 64.9 Å². The summed E-state index contributed by atoms with van der Waals surface area (Å²) in [5.74, 6) is 6.46. The molecule has 4 rings (SSSR count). The zero-order valence-electron chi connectivity index (χ0n) is 15.6. The van der Waals surface area contributed by atoms with E-state index in [1.54, 1.807) is 11.9 Å². The first-order valence-electron chi connectivity index (χ1n) is 9.20. The quantitative estimate of drug-likeness (QED) is 0.361. The van der Waals surface area contributed by atoms with Crippen LogP contribution >= 0.6 is 11.9 Å². The molecule has 1 heterocycles. The van der Waals surface area contributed by atoms with Crippen molar-refractivity contribution in [2.45, 2.75) is 18.4 Å². The number of fused-ring (bicyclic) bond motifs is 1. The van der Waals surface area contributed by atoms with Gasteiger partial charge in [-0.05, 0) is 72.5 Å². The third-order valence-electron chi connectivity index (χ3n) is 4.48. The second kappa shape index (κ2) is 8.75. The first-order valence-corrected chi connectivity index (χ1v) is 10.0. The average Bonchev–Trinajstić information content (AvgIpc) is 2.74. The molecule has 2 nitrogen and oxygen atoms in total. The van der Waals surface area contributed by atoms with Gasteiger partial charge in [0.15, 0.2) is 0 Å². The Balaban J connectivity index is 1.42. The molecule has 136 valence electrons. The minimum atomic E-state index is 0.780. The van der Waals surface area contributed by atoms with Gasteiger partial charge < -0.3 is 0 Å². The molecule has 0 radical (unpaired) electrons. The van der Waals surface area contributed by atoms with Crippen LogP contribution in [0.15, 0.2) is 90.0 Å². The van der Waals surface area contributed by atoms with E-state index in [9.17, 15) is 0 Å². The molecule has 0 bridgehead atoms. The molecule has 0 fully saturated rings. The number of hydrogen-bond donors (Lipinski definition) is 1. The minimum Gasteiger partial charge on any atom is -0.256 e. The van der Waals surface area contributed by atoms with Gasteiger partial charge in [-0.3, -0.25) is 9.71 Å². The first-order chi connectivity index (χ1) is 13.8. The molecule has 0 saturated heterocycles. The Morgan fingerprint density at radius 1 is 0.857 bits per heavy atom. The number of nitrogens with zero attached hydrogens (tertiary/aromatic N) is 1. The van der Waals surface area contributed by atoms with E-state index in [-0.39, 0.29) is 0 Å². The van der Waals surface area contributed by atoms with E-state index in [0.717, 1.165) is 23.2 Å². The number of nitrogens with one attached hydrogen (secondary N) is 1. The van der Waals surface area contributed by atoms with E-state index in [1.165, 1.54) is 21.4 Å². The van der Waals surface area contributed by atoms with E-state index in [1.807, 2.05) is 48.7 Å². The summed E-state index contributed by atoms with van der Waals surface area (Å²) in [5, 5.41) is 1.20. The summed E-state index contributed by atoms with van der Waals surface area (Å²) in [6, 6.07) is 26.7. The van der Waals surface area contributed by atoms with E-state index in [4.69, 9.17) is 0 Å². The number of aryl methyl sites for hydroxylation is 1. The van der Waals surface area contributed by atoms with Gasteiger partial charge in [0.1, 0.15) is 0 Å². The van der Waals surface area contributed by atoms with Crippen molar-refractivity contribution in [2.24, 2.45) is 0 Å². The molecule has 28 heavy (non-hydrogen) atoms. The van der Waals surface area contributed by atoms with Crippen LogP contribution in [0.4, 0.5) is 0 Å². The summed E-state index contributed by atoms with van der Waals surface area (Å²) in [5.41, 5.74) is 5.57. The molecule has 0 aliphatic carbocycles. The minimum absolute atomic E-state index is 0.780. The summed E-state index contributed by atoms with van der Waals surface area (Å²) >= 11 is 1.66. The fraction of sp³-hybridized carbons (Fsp3) is 0.0800. The van der Waals surface area contributed by atoms with Gasteiger partial charge in [0, 0.05) is 34.2 Å². The first kappa shape index (κ1) is 18.3. The second-order valence-electron chi connectivity index (χ2n) is 6.51. The van der Waals surface area contributed by atoms with Gasteiger partial charge in [-0.15, -0.1) is 0 Å². The standard InChI is InChI=1S/C25H20N2S/c1-19-17-21(12-11-20-7-3-2-4-8-20)13-14-25(19)28-27-18-22-15-16-26-24-10-6-5-9-23(22)24/h2-10,13-17,27H,18H2,1H3. The summed E-state index contributed by atoms with van der Waals surface area (Å²) < 4.78 is 3.48. The highest BCUT2D eigenvalue weighted by atomic mass is 32.2. The predicted molar refractivity (Wildman–Crippen MR) is 118 cm³/mol. The normalized spacial score (nSPS) is 10.5. The van der Waals surface area contributed by atoms with Crippen LogP contribution in [0.1, 0.15) is 22.3 Å². The van der Waals surface area contributed by atoms with Crippen molar-refractivity contribution < 1.29 is 0 Å². The van der Waals surface area contributed by atoms with E-state index >= 15 is 0 Å². The Labute approximate surface area is 170 Å². The Morgan fingerprint density at radius 3 is 2.50 bits per heavy atom. The average molecular weight is 381 g/mol. The zero-order valence-corrected chi connectivity index (χ0v) is 16.5. The number of para-hydroxylation sites is 1. The van der Waals surface area contributed by atoms with Crippen molar-refractivity contribution in [3.63, 3.8) is 0 Å². The van der Waals surface area contributed by atoms with Gasteiger partial charge in [0.25, 0.3) is 0 Å². The number of hydrogen-bond acceptors (Lipinski definition) is 3. The summed E-state index contributed by atoms with van der Waals surface area (Å²) in [6.07, 6.45) is 1.87. The van der Waals surface area contributed by atoms with Crippen LogP contribution in [-0.4, -0.2) is 4.98 Å². The molecule has 0 aliphatic rings. The highest BCUT2D eigenvalue weighted by Crippen LogP contribution is 2.22. The largest absolute Gasteiger partial charge is 0.256 e. The lowest BCUT2D eigenvalue weighted by Gasteiger charge is -2.09. The fourth-order valence-electron chi connectivity index (χ4n) is 3.01. The van der Waals surface area contributed by atoms with Crippen molar-refractivity contribution >= 4 is 22.9 Å².